The first-order valence-corrected chi connectivity index (χ1v) is 14.1. The lowest BCUT2D eigenvalue weighted by Crippen LogP contribution is -2.36. The van der Waals surface area contributed by atoms with Gasteiger partial charge in [-0.3, -0.25) is 4.79 Å². The van der Waals surface area contributed by atoms with E-state index in [0.717, 1.165) is 74.0 Å². The molecule has 1 saturated heterocycles. The highest BCUT2D eigenvalue weighted by molar-refractivity contribution is 5.83. The Kier molecular flexibility index (Phi) is 8.24. The van der Waals surface area contributed by atoms with Gasteiger partial charge in [-0.05, 0) is 62.6 Å². The van der Waals surface area contributed by atoms with Crippen molar-refractivity contribution in [2.45, 2.75) is 83.4 Å². The first-order valence-electron chi connectivity index (χ1n) is 14.1. The minimum absolute atomic E-state index is 0.112. The van der Waals surface area contributed by atoms with Gasteiger partial charge in [-0.2, -0.15) is 19.6 Å². The van der Waals surface area contributed by atoms with Gasteiger partial charge in [0, 0.05) is 43.6 Å². The lowest BCUT2D eigenvalue weighted by atomic mass is 9.82. The molecule has 3 heterocycles. The van der Waals surface area contributed by atoms with Crippen LogP contribution in [-0.4, -0.2) is 62.5 Å². The number of aromatic nitrogens is 4. The number of hydrogen-bond acceptors (Lipinski definition) is 8. The van der Waals surface area contributed by atoms with Gasteiger partial charge in [0.25, 0.3) is 0 Å². The number of carbonyl (C=O) groups excluding carboxylic acids is 1. The van der Waals surface area contributed by atoms with Gasteiger partial charge in [-0.15, -0.1) is 0 Å². The van der Waals surface area contributed by atoms with Gasteiger partial charge in [0.2, 0.25) is 5.95 Å². The fourth-order valence-electron chi connectivity index (χ4n) is 5.52. The fourth-order valence-corrected chi connectivity index (χ4v) is 5.52. The molecular weight excluding hydrogens is 478 g/mol. The maximum absolute atomic E-state index is 12.9. The summed E-state index contributed by atoms with van der Waals surface area (Å²) in [5.41, 5.74) is 9.98. The number of carbonyl (C=O) groups is 1. The number of rotatable bonds is 9. The van der Waals surface area contributed by atoms with Crippen LogP contribution in [0.5, 0.6) is 6.01 Å². The van der Waals surface area contributed by atoms with E-state index in [1.54, 1.807) is 4.52 Å². The molecule has 204 valence electrons. The molecule has 1 aromatic carbocycles. The summed E-state index contributed by atoms with van der Waals surface area (Å²) in [6.45, 7) is 6.84. The highest BCUT2D eigenvalue weighted by Crippen LogP contribution is 2.26. The summed E-state index contributed by atoms with van der Waals surface area (Å²) >= 11 is 0. The molecular formula is C29H41N7O2. The summed E-state index contributed by atoms with van der Waals surface area (Å²) < 4.78 is 8.02. The second-order valence-corrected chi connectivity index (χ2v) is 11.4. The predicted octanol–water partition coefficient (Wildman–Crippen LogP) is 3.96. The third-order valence-electron chi connectivity index (χ3n) is 7.98. The van der Waals surface area contributed by atoms with E-state index in [-0.39, 0.29) is 24.0 Å². The average Bonchev–Trinajstić information content (AvgIpc) is 3.34. The Balaban J connectivity index is 1.30. The maximum atomic E-state index is 12.9. The Bertz CT molecular complexity index is 1240. The van der Waals surface area contributed by atoms with Crippen LogP contribution in [0.15, 0.2) is 30.5 Å². The summed E-state index contributed by atoms with van der Waals surface area (Å²) in [4.78, 5) is 24.7. The lowest BCUT2D eigenvalue weighted by molar-refractivity contribution is -0.123. The van der Waals surface area contributed by atoms with E-state index in [9.17, 15) is 4.79 Å². The molecule has 5 rings (SSSR count). The van der Waals surface area contributed by atoms with Gasteiger partial charge < -0.3 is 20.7 Å². The number of ether oxygens (including phenoxy) is 1. The number of nitrogens with two attached hydrogens (primary N) is 1. The molecule has 2 fully saturated rings. The Labute approximate surface area is 225 Å². The minimum Gasteiger partial charge on any atom is -0.460 e. The van der Waals surface area contributed by atoms with Crippen LogP contribution in [-0.2, 0) is 17.8 Å². The number of piperidine rings is 1. The van der Waals surface area contributed by atoms with Crippen molar-refractivity contribution in [3.63, 3.8) is 0 Å². The van der Waals surface area contributed by atoms with Crippen LogP contribution < -0.4 is 15.8 Å². The molecule has 2 aromatic heterocycles. The highest BCUT2D eigenvalue weighted by Gasteiger charge is 2.25. The second-order valence-electron chi connectivity index (χ2n) is 11.4. The molecule has 0 spiro atoms. The van der Waals surface area contributed by atoms with Gasteiger partial charge in [-0.25, -0.2) is 0 Å². The first-order chi connectivity index (χ1) is 18.4. The molecule has 0 radical (unpaired) electrons. The zero-order valence-corrected chi connectivity index (χ0v) is 22.9. The number of ketones is 1. The standard InChI is InChI=1S/C29H41N7O2/c1-19(2)25-18-32-36-27(25)33-29(38-24-11-13-35(3)14-12-24)34-28(36)31-17-21-6-4-5-20(15-21)16-26(37)22-7-9-23(30)10-8-22/h4-6,15,18-19,22-24H,7-14,16-17,30H2,1-3H3,(H,31,33,34). The SMILES string of the molecule is CC(C)c1cnn2c(NCc3cccc(CC(=O)C4CCC(N)CC4)c3)nc(OC3CCN(C)CC3)nc12. The van der Waals surface area contributed by atoms with Crippen LogP contribution in [0, 0.1) is 5.92 Å². The van der Waals surface area contributed by atoms with Gasteiger partial charge in [-0.1, -0.05) is 38.1 Å². The van der Waals surface area contributed by atoms with E-state index < -0.39 is 0 Å². The molecule has 0 amide bonds. The van der Waals surface area contributed by atoms with E-state index in [2.05, 4.69) is 48.3 Å². The normalized spacial score (nSPS) is 21.2. The molecule has 0 unspecified atom stereocenters. The van der Waals surface area contributed by atoms with Gasteiger partial charge in [0.1, 0.15) is 11.9 Å². The third-order valence-corrected chi connectivity index (χ3v) is 7.98. The van der Waals surface area contributed by atoms with E-state index in [1.807, 2.05) is 18.3 Å². The van der Waals surface area contributed by atoms with Crippen molar-refractivity contribution in [1.82, 2.24) is 24.5 Å². The molecule has 1 aliphatic carbocycles. The van der Waals surface area contributed by atoms with Crippen LogP contribution in [0.25, 0.3) is 5.65 Å². The Hall–Kier alpha value is -3.04. The molecule has 3 N–H and O–H groups in total. The van der Waals surface area contributed by atoms with E-state index in [4.69, 9.17) is 20.4 Å². The predicted molar refractivity (Wildman–Crippen MR) is 148 cm³/mol. The zero-order chi connectivity index (χ0) is 26.6. The minimum atomic E-state index is 0.112. The van der Waals surface area contributed by atoms with E-state index in [0.29, 0.717) is 30.7 Å². The number of likely N-dealkylation sites (tertiary alicyclic amines) is 1. The number of benzene rings is 1. The van der Waals surface area contributed by atoms with Crippen molar-refractivity contribution < 1.29 is 9.53 Å². The highest BCUT2D eigenvalue weighted by atomic mass is 16.5. The van der Waals surface area contributed by atoms with Crippen molar-refractivity contribution in [3.8, 4) is 6.01 Å². The summed E-state index contributed by atoms with van der Waals surface area (Å²) in [6.07, 6.45) is 8.09. The Morgan fingerprint density at radius 2 is 1.84 bits per heavy atom. The topological polar surface area (TPSA) is 111 Å². The molecule has 2 aliphatic rings. The van der Waals surface area contributed by atoms with Crippen molar-refractivity contribution in [2.75, 3.05) is 25.5 Å². The number of nitrogens with zero attached hydrogens (tertiary/aromatic N) is 5. The molecule has 0 atom stereocenters. The summed E-state index contributed by atoms with van der Waals surface area (Å²) in [5, 5.41) is 8.03. The van der Waals surface area contributed by atoms with Crippen molar-refractivity contribution in [2.24, 2.45) is 11.7 Å². The smallest absolute Gasteiger partial charge is 0.322 e. The molecule has 1 aliphatic heterocycles. The Morgan fingerprint density at radius 1 is 1.11 bits per heavy atom. The molecule has 3 aromatic rings. The maximum Gasteiger partial charge on any atom is 0.322 e. The lowest BCUT2D eigenvalue weighted by Gasteiger charge is -2.28. The molecule has 9 nitrogen and oxygen atoms in total. The summed E-state index contributed by atoms with van der Waals surface area (Å²) in [6, 6.07) is 8.88. The molecule has 38 heavy (non-hydrogen) atoms. The summed E-state index contributed by atoms with van der Waals surface area (Å²) in [7, 11) is 2.14. The van der Waals surface area contributed by atoms with E-state index >= 15 is 0 Å². The zero-order valence-electron chi connectivity index (χ0n) is 22.9. The van der Waals surface area contributed by atoms with Crippen LogP contribution in [0.4, 0.5) is 5.95 Å². The number of anilines is 1. The number of nitrogens with one attached hydrogen (secondary N) is 1. The van der Waals surface area contributed by atoms with Crippen LogP contribution in [0.2, 0.25) is 0 Å². The largest absolute Gasteiger partial charge is 0.460 e. The van der Waals surface area contributed by atoms with Crippen molar-refractivity contribution >= 4 is 17.4 Å². The van der Waals surface area contributed by atoms with E-state index in [1.165, 1.54) is 0 Å². The molecule has 9 heteroatoms. The van der Waals surface area contributed by atoms with Gasteiger partial charge >= 0.3 is 6.01 Å². The number of hydrogen-bond donors (Lipinski definition) is 2. The molecule has 1 saturated carbocycles. The Morgan fingerprint density at radius 3 is 2.58 bits per heavy atom. The first kappa shape index (κ1) is 26.6. The molecule has 0 bridgehead atoms. The van der Waals surface area contributed by atoms with Gasteiger partial charge in [0.15, 0.2) is 5.65 Å². The second kappa shape index (κ2) is 11.8. The van der Waals surface area contributed by atoms with Crippen molar-refractivity contribution in [1.29, 1.82) is 0 Å². The average molecular weight is 520 g/mol. The summed E-state index contributed by atoms with van der Waals surface area (Å²) in [5.74, 6) is 1.35. The number of Topliss-reactive ketones (excluding diaryl/α,β-unsaturated/α-hetero) is 1. The fraction of sp³-hybridized carbons (Fsp3) is 0.586. The van der Waals surface area contributed by atoms with Crippen molar-refractivity contribution in [3.05, 3.63) is 47.2 Å². The van der Waals surface area contributed by atoms with Gasteiger partial charge in [0.05, 0.1) is 6.20 Å². The number of fused-ring (bicyclic) bond motifs is 1. The third kappa shape index (κ3) is 6.32. The van der Waals surface area contributed by atoms with Crippen LogP contribution >= 0.6 is 0 Å². The van der Waals surface area contributed by atoms with Crippen LogP contribution in [0.3, 0.4) is 0 Å². The van der Waals surface area contributed by atoms with Crippen LogP contribution in [0.1, 0.15) is 75.0 Å². The quantitative estimate of drug-likeness (QED) is 0.437. The monoisotopic (exact) mass is 519 g/mol.